The summed E-state index contributed by atoms with van der Waals surface area (Å²) in [4.78, 5) is 0. The highest BCUT2D eigenvalue weighted by Gasteiger charge is 2.54. The summed E-state index contributed by atoms with van der Waals surface area (Å²) in [6.45, 7) is 9.37. The van der Waals surface area contributed by atoms with Gasteiger partial charge in [0.05, 0.1) is 10.8 Å². The van der Waals surface area contributed by atoms with Gasteiger partial charge < -0.3 is 9.13 Å². The number of hydrogen-bond donors (Lipinski definition) is 0. The highest BCUT2D eigenvalue weighted by atomic mass is 31.2. The van der Waals surface area contributed by atoms with Crippen molar-refractivity contribution in [1.82, 2.24) is 0 Å². The molecule has 0 amide bonds. The van der Waals surface area contributed by atoms with Crippen LogP contribution in [-0.2, 0) is 30.8 Å². The molecular weight excluding hydrogens is 1130 g/mol. The third kappa shape index (κ3) is 6.31. The lowest BCUT2D eigenvalue weighted by Crippen LogP contribution is -2.30. The van der Waals surface area contributed by atoms with Gasteiger partial charge in [0.2, 0.25) is 0 Å². The number of fused-ring (bicyclic) bond motifs is 26. The van der Waals surface area contributed by atoms with Crippen LogP contribution in [0.15, 0.2) is 291 Å². The van der Waals surface area contributed by atoms with Crippen molar-refractivity contribution in [3.05, 3.63) is 358 Å². The van der Waals surface area contributed by atoms with E-state index in [4.69, 9.17) is 0 Å². The van der Waals surface area contributed by atoms with E-state index in [9.17, 15) is 0 Å². The lowest BCUT2D eigenvalue weighted by Gasteiger charge is -2.31. The summed E-state index contributed by atoms with van der Waals surface area (Å²) >= 11 is 0. The van der Waals surface area contributed by atoms with E-state index in [1.165, 1.54) is 134 Å². The molecule has 426 valence electrons. The first-order valence-electron chi connectivity index (χ1n) is 31.6. The van der Waals surface area contributed by atoms with Crippen LogP contribution in [0.4, 0.5) is 0 Å². The maximum absolute atomic E-state index is 17.2. The molecule has 6 aliphatic carbocycles. The van der Waals surface area contributed by atoms with Crippen molar-refractivity contribution in [3.63, 3.8) is 0 Å². The second kappa shape index (κ2) is 18.0. The molecule has 2 atom stereocenters. The second-order valence-electron chi connectivity index (χ2n) is 26.8. The minimum atomic E-state index is -3.53. The fourth-order valence-corrected chi connectivity index (χ4v) is 23.4. The van der Waals surface area contributed by atoms with Gasteiger partial charge in [0, 0.05) is 42.7 Å². The lowest BCUT2D eigenvalue weighted by molar-refractivity contribution is 0.591. The number of hydrogen-bond acceptors (Lipinski definition) is 2. The van der Waals surface area contributed by atoms with Crippen molar-refractivity contribution in [2.24, 2.45) is 0 Å². The quantitative estimate of drug-likeness (QED) is 0.156. The second-order valence-corrected chi connectivity index (χ2v) is 32.3. The molecule has 0 radical (unpaired) electrons. The van der Waals surface area contributed by atoms with Crippen molar-refractivity contribution in [1.29, 1.82) is 0 Å². The maximum atomic E-state index is 17.2. The van der Waals surface area contributed by atoms with Gasteiger partial charge >= 0.3 is 0 Å². The molecular formula is C86H60O2P2. The first-order valence-corrected chi connectivity index (χ1v) is 35.0. The summed E-state index contributed by atoms with van der Waals surface area (Å²) in [5.41, 5.74) is 27.4. The van der Waals surface area contributed by atoms with Gasteiger partial charge in [-0.3, -0.25) is 0 Å². The van der Waals surface area contributed by atoms with Gasteiger partial charge in [-0.25, -0.2) is 0 Å². The molecule has 0 aromatic heterocycles. The van der Waals surface area contributed by atoms with Crippen molar-refractivity contribution >= 4 is 46.1 Å². The largest absolute Gasteiger partial charge is 0.309 e. The van der Waals surface area contributed by atoms with Gasteiger partial charge in [-0.1, -0.05) is 282 Å². The molecule has 2 nitrogen and oxygen atoms in total. The van der Waals surface area contributed by atoms with E-state index < -0.39 is 35.9 Å². The van der Waals surface area contributed by atoms with Crippen LogP contribution in [0.5, 0.6) is 0 Å². The fourth-order valence-electron chi connectivity index (χ4n) is 18.1. The standard InChI is InChI=1S/C86H60O2P2/c1-83(2)77-47-55(89(87,53-23-7-5-8-24-53)57-39-43-65-63-31-15-21-37-75(63)85(81(65)49-57)71-33-17-11-27-59(71)60-28-12-18-34-72(60)85)41-45-67(77)69-52-80-70(51-79(69)83)68-46-42-56(48-78(68)84(80,3)4)90(88,54-25-9-6-10-26-54)58-40-44-66-64-32-16-22-38-76(64)86(82(66)50-58)73-35-19-13-29-61(73)62-30-14-20-36-74(62)86/h5-52H,1-4H3. The summed E-state index contributed by atoms with van der Waals surface area (Å²) < 4.78 is 34.3. The van der Waals surface area contributed by atoms with Gasteiger partial charge in [-0.05, 0) is 170 Å². The van der Waals surface area contributed by atoms with Gasteiger partial charge in [-0.15, -0.1) is 0 Å². The average molecular weight is 1190 g/mol. The molecule has 0 heterocycles. The third-order valence-electron chi connectivity index (χ3n) is 22.1. The predicted molar refractivity (Wildman–Crippen MR) is 373 cm³/mol. The summed E-state index contributed by atoms with van der Waals surface area (Å²) in [7, 11) is -7.06. The van der Waals surface area contributed by atoms with E-state index in [-0.39, 0.29) is 0 Å². The topological polar surface area (TPSA) is 34.1 Å². The summed E-state index contributed by atoms with van der Waals surface area (Å²) in [6.07, 6.45) is 0. The van der Waals surface area contributed by atoms with E-state index in [2.05, 4.69) is 282 Å². The molecule has 4 heteroatoms. The Morgan fingerprint density at radius 1 is 0.189 bits per heavy atom. The molecule has 0 fully saturated rings. The molecule has 2 spiro atoms. The lowest BCUT2D eigenvalue weighted by atomic mass is 9.70. The van der Waals surface area contributed by atoms with Crippen LogP contribution in [0.25, 0.3) is 66.8 Å². The normalized spacial score (nSPS) is 16.8. The smallest absolute Gasteiger partial charge is 0.171 e. The van der Waals surface area contributed by atoms with Crippen molar-refractivity contribution in [2.45, 2.75) is 49.4 Å². The molecule has 0 saturated carbocycles. The summed E-state index contributed by atoms with van der Waals surface area (Å²) in [6, 6.07) is 106. The van der Waals surface area contributed by atoms with E-state index in [1.807, 2.05) is 36.4 Å². The molecule has 13 aromatic rings. The van der Waals surface area contributed by atoms with Crippen LogP contribution < -0.4 is 31.8 Å². The van der Waals surface area contributed by atoms with Crippen LogP contribution >= 0.6 is 14.3 Å². The van der Waals surface area contributed by atoms with Gasteiger partial charge in [0.25, 0.3) is 0 Å². The van der Waals surface area contributed by atoms with E-state index in [1.54, 1.807) is 0 Å². The van der Waals surface area contributed by atoms with Crippen molar-refractivity contribution < 1.29 is 9.13 Å². The fraction of sp³-hybridized carbons (Fsp3) is 0.0930. The van der Waals surface area contributed by atoms with E-state index in [0.29, 0.717) is 0 Å². The van der Waals surface area contributed by atoms with Crippen LogP contribution in [0.3, 0.4) is 0 Å². The molecule has 0 saturated heterocycles. The Labute approximate surface area is 526 Å². The van der Waals surface area contributed by atoms with E-state index >= 15 is 9.13 Å². The van der Waals surface area contributed by atoms with Crippen molar-refractivity contribution in [2.75, 3.05) is 0 Å². The molecule has 90 heavy (non-hydrogen) atoms. The maximum Gasteiger partial charge on any atom is 0.171 e. The average Bonchev–Trinajstić information content (AvgIpc) is 1.25. The molecule has 0 bridgehead atoms. The Hall–Kier alpha value is -9.68. The Morgan fingerprint density at radius 2 is 0.400 bits per heavy atom. The summed E-state index contributed by atoms with van der Waals surface area (Å²) in [5.74, 6) is 0. The zero-order valence-electron chi connectivity index (χ0n) is 50.4. The van der Waals surface area contributed by atoms with Gasteiger partial charge in [0.1, 0.15) is 0 Å². The highest BCUT2D eigenvalue weighted by Crippen LogP contribution is 2.66. The molecule has 2 unspecified atom stereocenters. The molecule has 0 N–H and O–H groups in total. The first-order chi connectivity index (χ1) is 43.9. The minimum absolute atomic E-state index is 0.432. The monoisotopic (exact) mass is 1190 g/mol. The van der Waals surface area contributed by atoms with Crippen LogP contribution in [-0.4, -0.2) is 0 Å². The van der Waals surface area contributed by atoms with E-state index in [0.717, 1.165) is 31.8 Å². The molecule has 0 aliphatic heterocycles. The van der Waals surface area contributed by atoms with Crippen LogP contribution in [0, 0.1) is 0 Å². The molecule has 19 rings (SSSR count). The zero-order valence-corrected chi connectivity index (χ0v) is 52.2. The number of rotatable bonds is 6. The Bertz CT molecular complexity index is 4990. The van der Waals surface area contributed by atoms with Crippen LogP contribution in [0.1, 0.15) is 94.5 Å². The highest BCUT2D eigenvalue weighted by molar-refractivity contribution is 7.85. The van der Waals surface area contributed by atoms with Crippen LogP contribution in [0.2, 0.25) is 0 Å². The SMILES string of the molecule is CC1(C)c2cc(P(=O)(c3ccccc3)c3ccc4c(c3)C3(c5ccccc5-c5ccccc53)c3ccccc3-4)ccc2-c2cc3c(cc21)-c1ccc(P(=O)(c2ccccc2)c2ccc4c(c2)C2(c5ccccc5-c5ccccc52)c2ccccc2-4)cc1C3(C)C. The van der Waals surface area contributed by atoms with Gasteiger partial charge in [-0.2, -0.15) is 0 Å². The molecule has 13 aromatic carbocycles. The zero-order chi connectivity index (χ0) is 60.3. The Morgan fingerprint density at radius 3 is 0.678 bits per heavy atom. The minimum Gasteiger partial charge on any atom is -0.309 e. The Balaban J connectivity index is 0.733. The third-order valence-corrected chi connectivity index (χ3v) is 28.2. The number of benzene rings is 13. The van der Waals surface area contributed by atoms with Gasteiger partial charge in [0.15, 0.2) is 14.3 Å². The first kappa shape index (κ1) is 52.3. The predicted octanol–water partition coefficient (Wildman–Crippen LogP) is 18.3. The summed E-state index contributed by atoms with van der Waals surface area (Å²) in [5, 5.41) is 4.97. The molecule has 6 aliphatic rings. The van der Waals surface area contributed by atoms with Crippen molar-refractivity contribution in [3.8, 4) is 66.8 Å². The Kier molecular flexibility index (Phi) is 10.5.